The minimum Gasteiger partial charge on any atom is -0.298 e. The van der Waals surface area contributed by atoms with Crippen molar-refractivity contribution in [3.63, 3.8) is 0 Å². The Hall–Kier alpha value is -0.850. The molecule has 2 rings (SSSR count). The van der Waals surface area contributed by atoms with Crippen LogP contribution in [-0.2, 0) is 4.79 Å². The molecule has 0 unspecified atom stereocenters. The van der Waals surface area contributed by atoms with Crippen molar-refractivity contribution in [2.45, 2.75) is 40.0 Å². The van der Waals surface area contributed by atoms with Crippen LogP contribution in [0.2, 0.25) is 0 Å². The van der Waals surface area contributed by atoms with Gasteiger partial charge in [-0.05, 0) is 55.4 Å². The summed E-state index contributed by atoms with van der Waals surface area (Å²) in [4.78, 5) is 10.9. The van der Waals surface area contributed by atoms with Gasteiger partial charge in [-0.1, -0.05) is 31.6 Å². The molecule has 2 aliphatic carbocycles. The van der Waals surface area contributed by atoms with Crippen molar-refractivity contribution < 1.29 is 4.79 Å². The maximum absolute atomic E-state index is 10.9. The zero-order valence-electron chi connectivity index (χ0n) is 10.6. The van der Waals surface area contributed by atoms with Crippen LogP contribution in [0.5, 0.6) is 0 Å². The lowest BCUT2D eigenvalue weighted by atomic mass is 9.64. The lowest BCUT2D eigenvalue weighted by Gasteiger charge is -2.40. The van der Waals surface area contributed by atoms with E-state index in [0.29, 0.717) is 17.8 Å². The molecule has 0 heterocycles. The average Bonchev–Trinajstić information content (AvgIpc) is 2.28. The fraction of sp³-hybridized carbons (Fsp3) is 0.667. The summed E-state index contributed by atoms with van der Waals surface area (Å²) < 4.78 is 0. The van der Waals surface area contributed by atoms with Crippen molar-refractivity contribution in [1.82, 2.24) is 0 Å². The number of allylic oxidation sites excluding steroid dienone is 4. The highest BCUT2D eigenvalue weighted by molar-refractivity contribution is 5.73. The summed E-state index contributed by atoms with van der Waals surface area (Å²) in [5, 5.41) is 0. The van der Waals surface area contributed by atoms with Gasteiger partial charge in [-0.25, -0.2) is 0 Å². The SMILES string of the molecule is CC1=CC[C@@H](C(C)C)[C@@H]2C=C(C=O)CC[C@H]12. The van der Waals surface area contributed by atoms with E-state index in [-0.39, 0.29) is 0 Å². The Balaban J connectivity index is 2.30. The first-order valence-electron chi connectivity index (χ1n) is 6.46. The van der Waals surface area contributed by atoms with Crippen molar-refractivity contribution >= 4 is 6.29 Å². The van der Waals surface area contributed by atoms with Gasteiger partial charge in [0.25, 0.3) is 0 Å². The molecular formula is C15H22O. The van der Waals surface area contributed by atoms with Crippen LogP contribution in [0.4, 0.5) is 0 Å². The van der Waals surface area contributed by atoms with E-state index in [4.69, 9.17) is 0 Å². The molecule has 0 N–H and O–H groups in total. The molecule has 0 amide bonds. The van der Waals surface area contributed by atoms with Gasteiger partial charge in [0.1, 0.15) is 6.29 Å². The lowest BCUT2D eigenvalue weighted by molar-refractivity contribution is -0.105. The van der Waals surface area contributed by atoms with Crippen molar-refractivity contribution in [3.8, 4) is 0 Å². The maximum Gasteiger partial charge on any atom is 0.145 e. The Bertz CT molecular complexity index is 335. The topological polar surface area (TPSA) is 17.1 Å². The molecule has 0 spiro atoms. The molecule has 0 aromatic rings. The van der Waals surface area contributed by atoms with Crippen LogP contribution in [0.25, 0.3) is 0 Å². The first-order valence-corrected chi connectivity index (χ1v) is 6.46. The highest BCUT2D eigenvalue weighted by atomic mass is 16.1. The molecule has 0 saturated heterocycles. The van der Waals surface area contributed by atoms with Crippen LogP contribution >= 0.6 is 0 Å². The third-order valence-electron chi connectivity index (χ3n) is 4.41. The first kappa shape index (κ1) is 11.6. The number of carbonyl (C=O) groups excluding carboxylic acids is 1. The average molecular weight is 218 g/mol. The Morgan fingerprint density at radius 1 is 1.44 bits per heavy atom. The molecular weight excluding hydrogens is 196 g/mol. The normalized spacial score (nSPS) is 34.1. The maximum atomic E-state index is 10.9. The zero-order chi connectivity index (χ0) is 11.7. The second-order valence-corrected chi connectivity index (χ2v) is 5.67. The second-order valence-electron chi connectivity index (χ2n) is 5.67. The highest BCUT2D eigenvalue weighted by Crippen LogP contribution is 2.44. The Morgan fingerprint density at radius 2 is 2.19 bits per heavy atom. The number of hydrogen-bond acceptors (Lipinski definition) is 1. The molecule has 16 heavy (non-hydrogen) atoms. The van der Waals surface area contributed by atoms with E-state index in [0.717, 1.165) is 24.2 Å². The predicted molar refractivity (Wildman–Crippen MR) is 67.1 cm³/mol. The molecule has 0 aromatic carbocycles. The summed E-state index contributed by atoms with van der Waals surface area (Å²) in [6.45, 7) is 6.87. The standard InChI is InChI=1S/C15H22O/c1-10(2)13-6-4-11(3)14-7-5-12(9-16)8-15(13)14/h4,8-10,13-15H,5-7H2,1-3H3/t13-,14+,15-/m0/s1. The van der Waals surface area contributed by atoms with Gasteiger partial charge < -0.3 is 0 Å². The van der Waals surface area contributed by atoms with E-state index in [1.807, 2.05) is 0 Å². The van der Waals surface area contributed by atoms with E-state index in [2.05, 4.69) is 32.9 Å². The molecule has 0 saturated carbocycles. The molecule has 2 aliphatic rings. The molecule has 3 atom stereocenters. The fourth-order valence-electron chi connectivity index (χ4n) is 3.36. The molecule has 0 fully saturated rings. The number of hydrogen-bond donors (Lipinski definition) is 0. The van der Waals surface area contributed by atoms with Gasteiger partial charge in [-0.3, -0.25) is 4.79 Å². The molecule has 0 aromatic heterocycles. The van der Waals surface area contributed by atoms with E-state index < -0.39 is 0 Å². The van der Waals surface area contributed by atoms with E-state index >= 15 is 0 Å². The minimum absolute atomic E-state index is 0.610. The van der Waals surface area contributed by atoms with Crippen LogP contribution in [-0.4, -0.2) is 6.29 Å². The summed E-state index contributed by atoms with van der Waals surface area (Å²) in [5.41, 5.74) is 2.57. The highest BCUT2D eigenvalue weighted by Gasteiger charge is 2.35. The van der Waals surface area contributed by atoms with Crippen LogP contribution in [0.3, 0.4) is 0 Å². The number of rotatable bonds is 2. The van der Waals surface area contributed by atoms with Crippen molar-refractivity contribution in [1.29, 1.82) is 0 Å². The Kier molecular flexibility index (Phi) is 3.32. The van der Waals surface area contributed by atoms with Crippen molar-refractivity contribution in [2.24, 2.45) is 23.7 Å². The van der Waals surface area contributed by atoms with Gasteiger partial charge in [-0.15, -0.1) is 0 Å². The summed E-state index contributed by atoms with van der Waals surface area (Å²) in [7, 11) is 0. The molecule has 0 bridgehead atoms. The first-order chi connectivity index (χ1) is 7.63. The van der Waals surface area contributed by atoms with Gasteiger partial charge in [-0.2, -0.15) is 0 Å². The van der Waals surface area contributed by atoms with Crippen LogP contribution < -0.4 is 0 Å². The van der Waals surface area contributed by atoms with Gasteiger partial charge in [0.15, 0.2) is 0 Å². The molecule has 88 valence electrons. The summed E-state index contributed by atoms with van der Waals surface area (Å²) in [6.07, 6.45) is 9.07. The third kappa shape index (κ3) is 2.00. The monoisotopic (exact) mass is 218 g/mol. The van der Waals surface area contributed by atoms with Crippen LogP contribution in [0, 0.1) is 23.7 Å². The minimum atomic E-state index is 0.610. The van der Waals surface area contributed by atoms with Crippen molar-refractivity contribution in [2.75, 3.05) is 0 Å². The largest absolute Gasteiger partial charge is 0.298 e. The fourth-order valence-corrected chi connectivity index (χ4v) is 3.36. The number of carbonyl (C=O) groups is 1. The van der Waals surface area contributed by atoms with Gasteiger partial charge in [0.2, 0.25) is 0 Å². The number of aldehydes is 1. The molecule has 1 heteroatoms. The van der Waals surface area contributed by atoms with Gasteiger partial charge in [0.05, 0.1) is 0 Å². The van der Waals surface area contributed by atoms with E-state index in [1.165, 1.54) is 12.8 Å². The molecule has 0 radical (unpaired) electrons. The van der Waals surface area contributed by atoms with Gasteiger partial charge >= 0.3 is 0 Å². The summed E-state index contributed by atoms with van der Waals surface area (Å²) in [6, 6.07) is 0. The van der Waals surface area contributed by atoms with E-state index in [1.54, 1.807) is 5.57 Å². The smallest absolute Gasteiger partial charge is 0.145 e. The second kappa shape index (κ2) is 4.57. The third-order valence-corrected chi connectivity index (χ3v) is 4.41. The number of fused-ring (bicyclic) bond motifs is 1. The Morgan fingerprint density at radius 3 is 2.81 bits per heavy atom. The van der Waals surface area contributed by atoms with Gasteiger partial charge in [0, 0.05) is 0 Å². The van der Waals surface area contributed by atoms with Crippen LogP contribution in [0.15, 0.2) is 23.3 Å². The zero-order valence-corrected chi connectivity index (χ0v) is 10.6. The van der Waals surface area contributed by atoms with E-state index in [9.17, 15) is 4.79 Å². The quantitative estimate of drug-likeness (QED) is 0.509. The molecule has 0 aliphatic heterocycles. The lowest BCUT2D eigenvalue weighted by Crippen LogP contribution is -2.32. The summed E-state index contributed by atoms with van der Waals surface area (Å²) in [5.74, 6) is 2.74. The summed E-state index contributed by atoms with van der Waals surface area (Å²) >= 11 is 0. The Labute approximate surface area is 98.6 Å². The molecule has 1 nitrogen and oxygen atoms in total. The van der Waals surface area contributed by atoms with Crippen molar-refractivity contribution in [3.05, 3.63) is 23.3 Å². The van der Waals surface area contributed by atoms with Crippen LogP contribution in [0.1, 0.15) is 40.0 Å². The predicted octanol–water partition coefficient (Wildman–Crippen LogP) is 3.76.